The van der Waals surface area contributed by atoms with Gasteiger partial charge in [0.2, 0.25) is 6.79 Å². The predicted molar refractivity (Wildman–Crippen MR) is 125 cm³/mol. The van der Waals surface area contributed by atoms with E-state index in [0.29, 0.717) is 17.1 Å². The van der Waals surface area contributed by atoms with E-state index in [-0.39, 0.29) is 52.5 Å². The molecule has 1 aliphatic rings. The summed E-state index contributed by atoms with van der Waals surface area (Å²) in [5.41, 5.74) is -1.17. The van der Waals surface area contributed by atoms with Crippen LogP contribution in [0.25, 0.3) is 0 Å². The Bertz CT molecular complexity index is 1420. The minimum Gasteiger partial charge on any atom is -0.493 e. The molecule has 11 nitrogen and oxygen atoms in total. The van der Waals surface area contributed by atoms with Gasteiger partial charge in [-0.3, -0.25) is 0 Å². The Morgan fingerprint density at radius 3 is 2.49 bits per heavy atom. The number of aryl methyl sites for hydroxylation is 1. The molecule has 2 aromatic carbocycles. The lowest BCUT2D eigenvalue weighted by atomic mass is 10.2. The van der Waals surface area contributed by atoms with Crippen molar-refractivity contribution in [1.29, 1.82) is 0 Å². The maximum atomic E-state index is 14.7. The number of fused-ring (bicyclic) bond motifs is 1. The van der Waals surface area contributed by atoms with Gasteiger partial charge in [0.15, 0.2) is 28.8 Å². The summed E-state index contributed by atoms with van der Waals surface area (Å²) in [5, 5.41) is 23.1. The number of halogens is 2. The number of methoxy groups -OCH3 is 1. The van der Waals surface area contributed by atoms with Gasteiger partial charge in [-0.25, -0.2) is 23.2 Å². The molecule has 0 saturated heterocycles. The van der Waals surface area contributed by atoms with Crippen LogP contribution >= 0.6 is 11.3 Å². The van der Waals surface area contributed by atoms with Crippen molar-refractivity contribution in [3.63, 3.8) is 0 Å². The molecule has 3 aromatic rings. The summed E-state index contributed by atoms with van der Waals surface area (Å²) in [4.78, 5) is 35.3. The summed E-state index contributed by atoms with van der Waals surface area (Å²) in [6.45, 7) is 0.989. The number of amides is 2. The van der Waals surface area contributed by atoms with Crippen LogP contribution in [0.5, 0.6) is 23.0 Å². The fraction of sp³-hybridized carbons (Fsp3) is 0.174. The number of benzene rings is 2. The minimum atomic E-state index is -1.56. The van der Waals surface area contributed by atoms with Crippen molar-refractivity contribution in [2.75, 3.05) is 24.5 Å². The van der Waals surface area contributed by atoms with E-state index in [4.69, 9.17) is 18.9 Å². The number of rotatable bonds is 8. The number of anilines is 2. The van der Waals surface area contributed by atoms with Crippen LogP contribution in [0, 0.1) is 18.6 Å². The second-order valence-electron chi connectivity index (χ2n) is 7.46. The van der Waals surface area contributed by atoms with Gasteiger partial charge in [-0.2, -0.15) is 0 Å². The fourth-order valence-electron chi connectivity index (χ4n) is 3.51. The smallest absolute Gasteiger partial charge is 0.346 e. The van der Waals surface area contributed by atoms with E-state index in [1.165, 1.54) is 26.2 Å². The Hall–Kier alpha value is -4.59. The monoisotopic (exact) mass is 536 g/mol. The van der Waals surface area contributed by atoms with Gasteiger partial charge >= 0.3 is 18.0 Å². The molecule has 194 valence electrons. The molecular weight excluding hydrogens is 518 g/mol. The van der Waals surface area contributed by atoms with Gasteiger partial charge in [-0.05, 0) is 19.1 Å². The Morgan fingerprint density at radius 1 is 1.05 bits per heavy atom. The topological polar surface area (TPSA) is 153 Å². The van der Waals surface area contributed by atoms with Crippen LogP contribution in [-0.2, 0) is 6.61 Å². The first-order valence-corrected chi connectivity index (χ1v) is 11.2. The van der Waals surface area contributed by atoms with Gasteiger partial charge in [0.1, 0.15) is 22.9 Å². The van der Waals surface area contributed by atoms with E-state index < -0.39 is 40.0 Å². The molecule has 2 heterocycles. The molecule has 0 saturated carbocycles. The number of carbonyl (C=O) groups is 3. The largest absolute Gasteiger partial charge is 0.493 e. The van der Waals surface area contributed by atoms with Gasteiger partial charge in [0.05, 0.1) is 24.0 Å². The number of ether oxygens (including phenoxy) is 4. The molecule has 0 atom stereocenters. The molecule has 0 bridgehead atoms. The van der Waals surface area contributed by atoms with Crippen molar-refractivity contribution in [2.45, 2.75) is 13.5 Å². The molecule has 1 aromatic heterocycles. The van der Waals surface area contributed by atoms with Crippen LogP contribution < -0.4 is 29.6 Å². The first-order chi connectivity index (χ1) is 17.6. The van der Waals surface area contributed by atoms with Crippen molar-refractivity contribution in [3.05, 3.63) is 56.8 Å². The molecule has 0 unspecified atom stereocenters. The van der Waals surface area contributed by atoms with Crippen molar-refractivity contribution in [1.82, 2.24) is 0 Å². The molecule has 0 radical (unpaired) electrons. The lowest BCUT2D eigenvalue weighted by Gasteiger charge is -2.15. The zero-order valence-electron chi connectivity index (χ0n) is 19.1. The zero-order chi connectivity index (χ0) is 26.9. The maximum absolute atomic E-state index is 14.7. The molecule has 0 fully saturated rings. The molecule has 1 aliphatic heterocycles. The minimum absolute atomic E-state index is 0.0528. The van der Waals surface area contributed by atoms with Crippen LogP contribution in [0.3, 0.4) is 0 Å². The highest BCUT2D eigenvalue weighted by Crippen LogP contribution is 2.39. The summed E-state index contributed by atoms with van der Waals surface area (Å²) < 4.78 is 50.3. The van der Waals surface area contributed by atoms with Crippen LogP contribution in [-0.4, -0.2) is 42.1 Å². The first kappa shape index (κ1) is 25.5. The lowest BCUT2D eigenvalue weighted by molar-refractivity contribution is 0.0657. The number of carboxylic acid groups (broad SMARTS) is 2. The second-order valence-corrected chi connectivity index (χ2v) is 8.68. The summed E-state index contributed by atoms with van der Waals surface area (Å²) in [6.07, 6.45) is 0. The Labute approximate surface area is 211 Å². The standard InChI is InChI=1S/C23H18F2N2O9S/c1-9-18(17(21(28)29)20(37-9)22(30)31)27-23(32)26-13-6-16(15(33-2)5-12(13)25)34-7-10-11(24)3-4-14-19(10)36-8-35-14/h3-6H,7-8H2,1-2H3,(H,28,29)(H,30,31)(H2,26,27,32). The molecule has 4 rings (SSSR count). The normalized spacial score (nSPS) is 11.7. The number of urea groups is 1. The summed E-state index contributed by atoms with van der Waals surface area (Å²) in [7, 11) is 1.26. The van der Waals surface area contributed by atoms with Gasteiger partial charge < -0.3 is 39.8 Å². The fourth-order valence-corrected chi connectivity index (χ4v) is 4.45. The SMILES string of the molecule is COc1cc(F)c(NC(=O)Nc2c(C)sc(C(=O)O)c2C(=O)O)cc1OCc1c(F)ccc2c1OCO2. The molecule has 4 N–H and O–H groups in total. The molecule has 2 amide bonds. The lowest BCUT2D eigenvalue weighted by Crippen LogP contribution is -2.22. The van der Waals surface area contributed by atoms with E-state index in [1.807, 2.05) is 0 Å². The Kier molecular flexibility index (Phi) is 7.02. The average Bonchev–Trinajstić information content (AvgIpc) is 3.44. The van der Waals surface area contributed by atoms with E-state index in [2.05, 4.69) is 10.6 Å². The number of hydrogen-bond acceptors (Lipinski definition) is 8. The Balaban J connectivity index is 1.57. The van der Waals surface area contributed by atoms with Crippen LogP contribution in [0.1, 0.15) is 30.5 Å². The van der Waals surface area contributed by atoms with E-state index >= 15 is 0 Å². The first-order valence-electron chi connectivity index (χ1n) is 10.4. The van der Waals surface area contributed by atoms with E-state index in [1.54, 1.807) is 0 Å². The second kappa shape index (κ2) is 10.2. The third-order valence-corrected chi connectivity index (χ3v) is 6.28. The van der Waals surface area contributed by atoms with E-state index in [0.717, 1.165) is 12.1 Å². The van der Waals surface area contributed by atoms with Crippen LogP contribution in [0.15, 0.2) is 24.3 Å². The van der Waals surface area contributed by atoms with E-state index in [9.17, 15) is 33.4 Å². The molecule has 0 aliphatic carbocycles. The highest BCUT2D eigenvalue weighted by Gasteiger charge is 2.27. The molecule has 37 heavy (non-hydrogen) atoms. The summed E-state index contributed by atoms with van der Waals surface area (Å²) in [6, 6.07) is 3.56. The molecule has 0 spiro atoms. The van der Waals surface area contributed by atoms with Crippen molar-refractivity contribution in [2.24, 2.45) is 0 Å². The van der Waals surface area contributed by atoms with Crippen molar-refractivity contribution < 1.29 is 52.3 Å². The predicted octanol–water partition coefficient (Wildman–Crippen LogP) is 4.69. The maximum Gasteiger partial charge on any atom is 0.346 e. The van der Waals surface area contributed by atoms with Crippen LogP contribution in [0.4, 0.5) is 25.0 Å². The van der Waals surface area contributed by atoms with Gasteiger partial charge in [-0.15, -0.1) is 11.3 Å². The van der Waals surface area contributed by atoms with Gasteiger partial charge in [-0.1, -0.05) is 0 Å². The van der Waals surface area contributed by atoms with Gasteiger partial charge in [0, 0.05) is 17.0 Å². The number of thiophene rings is 1. The number of aromatic carboxylic acids is 2. The number of carboxylic acids is 2. The summed E-state index contributed by atoms with van der Waals surface area (Å²) in [5.74, 6) is -4.18. The van der Waals surface area contributed by atoms with Crippen molar-refractivity contribution >= 4 is 40.7 Å². The highest BCUT2D eigenvalue weighted by molar-refractivity contribution is 7.15. The third-order valence-electron chi connectivity index (χ3n) is 5.19. The number of nitrogens with one attached hydrogen (secondary N) is 2. The molecule has 14 heteroatoms. The zero-order valence-corrected chi connectivity index (χ0v) is 20.0. The molecular formula is C23H18F2N2O9S. The quantitative estimate of drug-likeness (QED) is 0.321. The van der Waals surface area contributed by atoms with Crippen LogP contribution in [0.2, 0.25) is 0 Å². The summed E-state index contributed by atoms with van der Waals surface area (Å²) >= 11 is 0.667. The average molecular weight is 536 g/mol. The third kappa shape index (κ3) is 5.04. The number of hydrogen-bond donors (Lipinski definition) is 4. The van der Waals surface area contributed by atoms with Crippen molar-refractivity contribution in [3.8, 4) is 23.0 Å². The van der Waals surface area contributed by atoms with Gasteiger partial charge in [0.25, 0.3) is 0 Å². The highest BCUT2D eigenvalue weighted by atomic mass is 32.1. The number of carbonyl (C=O) groups excluding carboxylic acids is 1. The Morgan fingerprint density at radius 2 is 1.81 bits per heavy atom.